The molecule has 0 atom stereocenters. The molecule has 2 aromatic rings. The number of carbonyl (C=O) groups is 1. The molecule has 12 heteroatoms. The van der Waals surface area contributed by atoms with Crippen LogP contribution in [0.15, 0.2) is 30.5 Å². The molecule has 0 unspecified atom stereocenters. The van der Waals surface area contributed by atoms with Gasteiger partial charge in [0.25, 0.3) is 5.91 Å². The molecule has 1 aromatic carbocycles. The molecule has 0 aliphatic carbocycles. The summed E-state index contributed by atoms with van der Waals surface area (Å²) in [6, 6.07) is 5.63. The Morgan fingerprint density at radius 1 is 1.26 bits per heavy atom. The number of carbonyl (C=O) groups excluding carboxylic acids is 1. The predicted molar refractivity (Wildman–Crippen MR) is 112 cm³/mol. The zero-order valence-corrected chi connectivity index (χ0v) is 18.0. The third kappa shape index (κ3) is 5.59. The Labute approximate surface area is 182 Å². The van der Waals surface area contributed by atoms with Gasteiger partial charge in [-0.15, -0.1) is 0 Å². The number of rotatable bonds is 6. The van der Waals surface area contributed by atoms with Gasteiger partial charge in [-0.2, -0.15) is 13.2 Å². The van der Waals surface area contributed by atoms with Crippen LogP contribution in [0.1, 0.15) is 27.9 Å². The number of aryl methyl sites for hydroxylation is 1. The monoisotopic (exact) mass is 476 g/mol. The molecule has 1 aliphatic rings. The summed E-state index contributed by atoms with van der Waals surface area (Å²) in [5.74, 6) is -0.272. The third-order valence-corrected chi connectivity index (χ3v) is 6.16. The van der Waals surface area contributed by atoms with Crippen LogP contribution in [0.2, 0.25) is 5.02 Å². The minimum Gasteiger partial charge on any atom is -0.367 e. The number of nitrogens with zero attached hydrogens (tertiary/aromatic N) is 2. The molecule has 0 fully saturated rings. The number of nitrogens with one attached hydrogen (secondary N) is 2. The van der Waals surface area contributed by atoms with E-state index < -0.39 is 21.8 Å². The standard InChI is InChI=1S/C19H20ClF3N4O3S/c1-31(29,30)27-8-2-3-12-9-13(4-5-16(12)27)18(28)25-7-6-24-17-15(20)10-14(11-26-17)19(21,22)23/h4-5,9-11H,2-3,6-8H2,1H3,(H,24,26)(H,25,28). The molecule has 168 valence electrons. The van der Waals surface area contributed by atoms with Crippen LogP contribution in [-0.2, 0) is 22.6 Å². The molecule has 1 aromatic heterocycles. The number of aromatic nitrogens is 1. The summed E-state index contributed by atoms with van der Waals surface area (Å²) in [5, 5.41) is 5.29. The quantitative estimate of drug-likeness (QED) is 0.624. The lowest BCUT2D eigenvalue weighted by Gasteiger charge is -2.29. The zero-order chi connectivity index (χ0) is 22.8. The van der Waals surface area contributed by atoms with E-state index in [9.17, 15) is 26.4 Å². The van der Waals surface area contributed by atoms with E-state index in [-0.39, 0.29) is 29.8 Å². The smallest absolute Gasteiger partial charge is 0.367 e. The van der Waals surface area contributed by atoms with Gasteiger partial charge in [-0.3, -0.25) is 9.10 Å². The predicted octanol–water partition coefficient (Wildman–Crippen LogP) is 3.31. The number of amides is 1. The fourth-order valence-electron chi connectivity index (χ4n) is 3.23. The normalized spacial score (nSPS) is 14.2. The number of sulfonamides is 1. The van der Waals surface area contributed by atoms with Gasteiger partial charge in [-0.05, 0) is 42.7 Å². The maximum atomic E-state index is 12.6. The van der Waals surface area contributed by atoms with E-state index in [1.54, 1.807) is 18.2 Å². The van der Waals surface area contributed by atoms with Crippen LogP contribution in [-0.4, -0.2) is 45.2 Å². The fraction of sp³-hybridized carbons (Fsp3) is 0.368. The first-order valence-corrected chi connectivity index (χ1v) is 11.5. The average molecular weight is 477 g/mol. The largest absolute Gasteiger partial charge is 0.417 e. The number of pyridine rings is 1. The van der Waals surface area contributed by atoms with Crippen molar-refractivity contribution in [3.05, 3.63) is 52.2 Å². The van der Waals surface area contributed by atoms with Crippen molar-refractivity contribution in [1.82, 2.24) is 10.3 Å². The third-order valence-electron chi connectivity index (χ3n) is 4.69. The summed E-state index contributed by atoms with van der Waals surface area (Å²) in [6.07, 6.45) is -1.37. The Kier molecular flexibility index (Phi) is 6.65. The van der Waals surface area contributed by atoms with Crippen molar-refractivity contribution in [1.29, 1.82) is 0 Å². The highest BCUT2D eigenvalue weighted by atomic mass is 35.5. The highest BCUT2D eigenvalue weighted by Crippen LogP contribution is 2.32. The summed E-state index contributed by atoms with van der Waals surface area (Å²) in [5.41, 5.74) is 0.802. The van der Waals surface area contributed by atoms with E-state index in [1.165, 1.54) is 4.31 Å². The summed E-state index contributed by atoms with van der Waals surface area (Å²) >= 11 is 5.82. The number of fused-ring (bicyclic) bond motifs is 1. The molecular formula is C19H20ClF3N4O3S. The Balaban J connectivity index is 1.57. The van der Waals surface area contributed by atoms with Gasteiger partial charge < -0.3 is 10.6 Å². The van der Waals surface area contributed by atoms with Crippen molar-refractivity contribution in [3.63, 3.8) is 0 Å². The minimum atomic E-state index is -4.53. The fourth-order valence-corrected chi connectivity index (χ4v) is 4.46. The van der Waals surface area contributed by atoms with Gasteiger partial charge in [0.15, 0.2) is 0 Å². The van der Waals surface area contributed by atoms with Crippen LogP contribution in [0.5, 0.6) is 0 Å². The van der Waals surface area contributed by atoms with E-state index in [0.29, 0.717) is 36.8 Å². The highest BCUT2D eigenvalue weighted by Gasteiger charge is 2.31. The van der Waals surface area contributed by atoms with Crippen LogP contribution >= 0.6 is 11.6 Å². The van der Waals surface area contributed by atoms with Gasteiger partial charge in [0.05, 0.1) is 22.5 Å². The number of benzene rings is 1. The van der Waals surface area contributed by atoms with Crippen LogP contribution in [0, 0.1) is 0 Å². The van der Waals surface area contributed by atoms with E-state index in [4.69, 9.17) is 11.6 Å². The van der Waals surface area contributed by atoms with Gasteiger partial charge in [0.2, 0.25) is 10.0 Å². The molecule has 1 aliphatic heterocycles. The van der Waals surface area contributed by atoms with Crippen molar-refractivity contribution in [2.45, 2.75) is 19.0 Å². The Morgan fingerprint density at radius 3 is 2.65 bits per heavy atom. The Hall–Kier alpha value is -2.53. The van der Waals surface area contributed by atoms with Crippen LogP contribution < -0.4 is 14.9 Å². The molecule has 31 heavy (non-hydrogen) atoms. The lowest BCUT2D eigenvalue weighted by Crippen LogP contribution is -2.35. The summed E-state index contributed by atoms with van der Waals surface area (Å²) in [4.78, 5) is 16.1. The maximum absolute atomic E-state index is 12.6. The van der Waals surface area contributed by atoms with Crippen LogP contribution in [0.25, 0.3) is 0 Å². The number of alkyl halides is 3. The van der Waals surface area contributed by atoms with E-state index in [2.05, 4.69) is 15.6 Å². The molecule has 2 N–H and O–H groups in total. The number of hydrogen-bond donors (Lipinski definition) is 2. The van der Waals surface area contributed by atoms with E-state index >= 15 is 0 Å². The summed E-state index contributed by atoms with van der Waals surface area (Å²) in [6.45, 7) is 0.768. The first kappa shape index (κ1) is 23.1. The van der Waals surface area contributed by atoms with Crippen molar-refractivity contribution in [2.24, 2.45) is 0 Å². The van der Waals surface area contributed by atoms with E-state index in [0.717, 1.165) is 17.9 Å². The molecule has 0 saturated carbocycles. The van der Waals surface area contributed by atoms with Crippen molar-refractivity contribution in [2.75, 3.05) is 35.5 Å². The number of halogens is 4. The summed E-state index contributed by atoms with van der Waals surface area (Å²) < 4.78 is 63.1. The second-order valence-electron chi connectivity index (χ2n) is 7.02. The molecule has 0 spiro atoms. The van der Waals surface area contributed by atoms with Gasteiger partial charge in [-0.25, -0.2) is 13.4 Å². The Morgan fingerprint density at radius 2 is 2.00 bits per heavy atom. The summed E-state index contributed by atoms with van der Waals surface area (Å²) in [7, 11) is -3.39. The number of anilines is 2. The van der Waals surface area contributed by atoms with Gasteiger partial charge in [0, 0.05) is 31.4 Å². The first-order valence-electron chi connectivity index (χ1n) is 9.32. The molecular weight excluding hydrogens is 457 g/mol. The van der Waals surface area contributed by atoms with Crippen molar-refractivity contribution < 1.29 is 26.4 Å². The highest BCUT2D eigenvalue weighted by molar-refractivity contribution is 7.92. The second kappa shape index (κ2) is 8.91. The second-order valence-corrected chi connectivity index (χ2v) is 9.33. The topological polar surface area (TPSA) is 91.4 Å². The molecule has 0 saturated heterocycles. The average Bonchev–Trinajstić information content (AvgIpc) is 2.69. The lowest BCUT2D eigenvalue weighted by atomic mass is 10.0. The van der Waals surface area contributed by atoms with Crippen molar-refractivity contribution >= 4 is 39.0 Å². The van der Waals surface area contributed by atoms with Crippen LogP contribution in [0.4, 0.5) is 24.7 Å². The number of hydrogen-bond acceptors (Lipinski definition) is 5. The molecule has 0 radical (unpaired) electrons. The van der Waals surface area contributed by atoms with Crippen molar-refractivity contribution in [3.8, 4) is 0 Å². The Bertz CT molecular complexity index is 1090. The molecule has 0 bridgehead atoms. The molecule has 3 rings (SSSR count). The van der Waals surface area contributed by atoms with Gasteiger partial charge in [0.1, 0.15) is 5.82 Å². The molecule has 2 heterocycles. The molecule has 7 nitrogen and oxygen atoms in total. The maximum Gasteiger partial charge on any atom is 0.417 e. The first-order chi connectivity index (χ1) is 14.5. The van der Waals surface area contributed by atoms with Gasteiger partial charge in [-0.1, -0.05) is 11.6 Å². The van der Waals surface area contributed by atoms with Crippen LogP contribution in [0.3, 0.4) is 0 Å². The zero-order valence-electron chi connectivity index (χ0n) is 16.5. The van der Waals surface area contributed by atoms with Gasteiger partial charge >= 0.3 is 6.18 Å². The SMILES string of the molecule is CS(=O)(=O)N1CCCc2cc(C(=O)NCCNc3ncc(C(F)(F)F)cc3Cl)ccc21. The molecule has 1 amide bonds. The van der Waals surface area contributed by atoms with E-state index in [1.807, 2.05) is 0 Å². The minimum absolute atomic E-state index is 0.0820. The lowest BCUT2D eigenvalue weighted by molar-refractivity contribution is -0.137.